The van der Waals surface area contributed by atoms with Gasteiger partial charge in [0, 0.05) is 26.6 Å². The van der Waals surface area contributed by atoms with Crippen LogP contribution in [0.5, 0.6) is 0 Å². The quantitative estimate of drug-likeness (QED) is 0.603. The molecule has 1 amide bonds. The topological polar surface area (TPSA) is 43.8 Å². The fourth-order valence-corrected chi connectivity index (χ4v) is 1.33. The van der Waals surface area contributed by atoms with E-state index in [0.717, 1.165) is 32.4 Å². The Hall–Kier alpha value is -0.610. The van der Waals surface area contributed by atoms with E-state index < -0.39 is 0 Å². The molecule has 0 rings (SSSR count). The van der Waals surface area contributed by atoms with Gasteiger partial charge in [-0.2, -0.15) is 0 Å². The van der Waals surface area contributed by atoms with Crippen molar-refractivity contribution >= 4 is 5.91 Å². The van der Waals surface area contributed by atoms with Crippen LogP contribution in [0.2, 0.25) is 0 Å². The van der Waals surface area contributed by atoms with Crippen LogP contribution in [0.4, 0.5) is 0 Å². The van der Waals surface area contributed by atoms with Crippen molar-refractivity contribution in [1.29, 1.82) is 0 Å². The number of aliphatic hydroxyl groups excluding tert-OH is 1. The van der Waals surface area contributed by atoms with Crippen molar-refractivity contribution in [3.63, 3.8) is 0 Å². The summed E-state index contributed by atoms with van der Waals surface area (Å²) in [6.45, 7) is 2.00. The molecule has 0 aliphatic carbocycles. The third-order valence-corrected chi connectivity index (χ3v) is 2.32. The number of hydrogen-bond acceptors (Lipinski definition) is 3. The van der Waals surface area contributed by atoms with Gasteiger partial charge in [-0.3, -0.25) is 4.79 Å². The Bertz CT molecular complexity index is 172. The molecular weight excluding hydrogens is 192 g/mol. The molecule has 0 spiro atoms. The Morgan fingerprint density at radius 1 is 1.07 bits per heavy atom. The first-order valence-electron chi connectivity index (χ1n) is 5.57. The largest absolute Gasteiger partial charge is 0.396 e. The van der Waals surface area contributed by atoms with Crippen LogP contribution in [-0.2, 0) is 4.79 Å². The van der Waals surface area contributed by atoms with Crippen molar-refractivity contribution in [3.8, 4) is 0 Å². The van der Waals surface area contributed by atoms with Crippen molar-refractivity contribution in [2.24, 2.45) is 0 Å². The average molecular weight is 216 g/mol. The Labute approximate surface area is 92.9 Å². The minimum absolute atomic E-state index is 0.178. The first-order chi connectivity index (χ1) is 7.07. The molecule has 4 heteroatoms. The van der Waals surface area contributed by atoms with Gasteiger partial charge in [0.15, 0.2) is 0 Å². The van der Waals surface area contributed by atoms with Gasteiger partial charge in [0.1, 0.15) is 0 Å². The smallest absolute Gasteiger partial charge is 0.222 e. The number of unbranched alkanes of at least 4 members (excludes halogenated alkanes) is 1. The van der Waals surface area contributed by atoms with Gasteiger partial charge < -0.3 is 14.9 Å². The monoisotopic (exact) mass is 216 g/mol. The van der Waals surface area contributed by atoms with Crippen LogP contribution in [0.25, 0.3) is 0 Å². The molecule has 0 bridgehead atoms. The highest BCUT2D eigenvalue weighted by atomic mass is 16.3. The summed E-state index contributed by atoms with van der Waals surface area (Å²) >= 11 is 0. The summed E-state index contributed by atoms with van der Waals surface area (Å²) in [5.74, 6) is 0.183. The first kappa shape index (κ1) is 14.4. The molecule has 0 heterocycles. The fourth-order valence-electron chi connectivity index (χ4n) is 1.33. The minimum atomic E-state index is 0.178. The van der Waals surface area contributed by atoms with E-state index in [1.54, 1.807) is 4.90 Å². The van der Waals surface area contributed by atoms with Gasteiger partial charge in [0.05, 0.1) is 0 Å². The summed E-state index contributed by atoms with van der Waals surface area (Å²) in [6, 6.07) is 0. The molecular formula is C11H24N2O2. The van der Waals surface area contributed by atoms with E-state index in [0.29, 0.717) is 6.42 Å². The highest BCUT2D eigenvalue weighted by Crippen LogP contribution is 1.99. The molecule has 0 aliphatic rings. The summed E-state index contributed by atoms with van der Waals surface area (Å²) in [7, 11) is 5.91. The van der Waals surface area contributed by atoms with Crippen LogP contribution >= 0.6 is 0 Å². The van der Waals surface area contributed by atoms with Crippen molar-refractivity contribution in [1.82, 2.24) is 9.80 Å². The lowest BCUT2D eigenvalue weighted by molar-refractivity contribution is -0.130. The SMILES string of the molecule is CN(C)CCCN(C)C(=O)CCCCO. The van der Waals surface area contributed by atoms with Crippen molar-refractivity contribution in [3.05, 3.63) is 0 Å². The number of hydrogen-bond donors (Lipinski definition) is 1. The molecule has 0 fully saturated rings. The number of carbonyl (C=O) groups is 1. The second-order valence-corrected chi connectivity index (χ2v) is 4.15. The molecule has 1 N–H and O–H groups in total. The second kappa shape index (κ2) is 8.68. The van der Waals surface area contributed by atoms with E-state index in [2.05, 4.69) is 4.90 Å². The highest BCUT2D eigenvalue weighted by Gasteiger charge is 2.07. The molecule has 0 radical (unpaired) electrons. The lowest BCUT2D eigenvalue weighted by Gasteiger charge is -2.18. The Balaban J connectivity index is 3.51. The summed E-state index contributed by atoms with van der Waals surface area (Å²) < 4.78 is 0. The molecule has 0 aromatic rings. The lowest BCUT2D eigenvalue weighted by Crippen LogP contribution is -2.29. The maximum absolute atomic E-state index is 11.5. The van der Waals surface area contributed by atoms with Gasteiger partial charge in [0.25, 0.3) is 0 Å². The van der Waals surface area contributed by atoms with E-state index in [1.807, 2.05) is 21.1 Å². The molecule has 0 aromatic heterocycles. The average Bonchev–Trinajstić information content (AvgIpc) is 2.17. The summed E-state index contributed by atoms with van der Waals surface area (Å²) in [6.07, 6.45) is 3.07. The third kappa shape index (κ3) is 8.39. The molecule has 0 saturated heterocycles. The Kier molecular flexibility index (Phi) is 8.33. The van der Waals surface area contributed by atoms with Crippen LogP contribution in [0.3, 0.4) is 0 Å². The van der Waals surface area contributed by atoms with E-state index in [1.165, 1.54) is 0 Å². The van der Waals surface area contributed by atoms with Gasteiger partial charge >= 0.3 is 0 Å². The van der Waals surface area contributed by atoms with E-state index in [9.17, 15) is 4.79 Å². The molecule has 0 aromatic carbocycles. The second-order valence-electron chi connectivity index (χ2n) is 4.15. The van der Waals surface area contributed by atoms with Crippen molar-refractivity contribution < 1.29 is 9.90 Å². The molecule has 15 heavy (non-hydrogen) atoms. The summed E-state index contributed by atoms with van der Waals surface area (Å²) in [5, 5.41) is 8.59. The zero-order valence-electron chi connectivity index (χ0n) is 10.2. The molecule has 0 saturated carbocycles. The number of nitrogens with zero attached hydrogens (tertiary/aromatic N) is 2. The number of aliphatic hydroxyl groups is 1. The van der Waals surface area contributed by atoms with Gasteiger partial charge in [-0.15, -0.1) is 0 Å². The normalized spacial score (nSPS) is 10.7. The molecule has 4 nitrogen and oxygen atoms in total. The first-order valence-corrected chi connectivity index (χ1v) is 5.57. The molecule has 90 valence electrons. The Morgan fingerprint density at radius 2 is 1.73 bits per heavy atom. The zero-order chi connectivity index (χ0) is 11.7. The lowest BCUT2D eigenvalue weighted by atomic mass is 10.2. The predicted octanol–water partition coefficient (Wildman–Crippen LogP) is 0.559. The van der Waals surface area contributed by atoms with Gasteiger partial charge in [-0.05, 0) is 39.9 Å². The summed E-state index contributed by atoms with van der Waals surface area (Å²) in [4.78, 5) is 15.4. The van der Waals surface area contributed by atoms with Crippen LogP contribution in [0.15, 0.2) is 0 Å². The number of amides is 1. The summed E-state index contributed by atoms with van der Waals surface area (Å²) in [5.41, 5.74) is 0. The third-order valence-electron chi connectivity index (χ3n) is 2.32. The van der Waals surface area contributed by atoms with Gasteiger partial charge in [-0.25, -0.2) is 0 Å². The maximum atomic E-state index is 11.5. The number of carbonyl (C=O) groups excluding carboxylic acids is 1. The zero-order valence-corrected chi connectivity index (χ0v) is 10.2. The van der Waals surface area contributed by atoms with Crippen molar-refractivity contribution in [2.45, 2.75) is 25.7 Å². The fraction of sp³-hybridized carbons (Fsp3) is 0.909. The van der Waals surface area contributed by atoms with E-state index in [4.69, 9.17) is 5.11 Å². The Morgan fingerprint density at radius 3 is 2.27 bits per heavy atom. The predicted molar refractivity (Wildman–Crippen MR) is 61.7 cm³/mol. The standard InChI is InChI=1S/C11H24N2O2/c1-12(2)8-6-9-13(3)11(15)7-4-5-10-14/h14H,4-10H2,1-3H3. The maximum Gasteiger partial charge on any atom is 0.222 e. The molecule has 0 aliphatic heterocycles. The van der Waals surface area contributed by atoms with Crippen LogP contribution in [-0.4, -0.2) is 61.7 Å². The van der Waals surface area contributed by atoms with Crippen LogP contribution < -0.4 is 0 Å². The van der Waals surface area contributed by atoms with Gasteiger partial charge in [-0.1, -0.05) is 0 Å². The van der Waals surface area contributed by atoms with Crippen molar-refractivity contribution in [2.75, 3.05) is 40.8 Å². The van der Waals surface area contributed by atoms with Crippen LogP contribution in [0.1, 0.15) is 25.7 Å². The number of rotatable bonds is 8. The minimum Gasteiger partial charge on any atom is -0.396 e. The highest BCUT2D eigenvalue weighted by molar-refractivity contribution is 5.75. The molecule has 0 unspecified atom stereocenters. The van der Waals surface area contributed by atoms with E-state index in [-0.39, 0.29) is 12.5 Å². The molecule has 0 atom stereocenters. The van der Waals surface area contributed by atoms with E-state index >= 15 is 0 Å². The van der Waals surface area contributed by atoms with Gasteiger partial charge in [0.2, 0.25) is 5.91 Å². The van der Waals surface area contributed by atoms with Crippen LogP contribution in [0, 0.1) is 0 Å².